The molecule has 9 heteroatoms. The molecule has 3 N–H and O–H groups in total. The van der Waals surface area contributed by atoms with Crippen molar-refractivity contribution in [3.8, 4) is 11.5 Å². The number of nitrogens with zero attached hydrogens (tertiary/aromatic N) is 3. The summed E-state index contributed by atoms with van der Waals surface area (Å²) >= 11 is 0. The molecular formula is C16H23ClFN5O2. The average molecular weight is 372 g/mol. The minimum atomic E-state index is -0.599. The topological polar surface area (TPSA) is 85.5 Å². The van der Waals surface area contributed by atoms with Crippen LogP contribution in [0.15, 0.2) is 6.07 Å². The summed E-state index contributed by atoms with van der Waals surface area (Å²) in [6, 6.07) is 1.95. The lowest BCUT2D eigenvalue weighted by Gasteiger charge is -2.39. The van der Waals surface area contributed by atoms with Crippen molar-refractivity contribution in [1.29, 1.82) is 0 Å². The van der Waals surface area contributed by atoms with Gasteiger partial charge in [0.1, 0.15) is 11.3 Å². The number of ether oxygens (including phenoxy) is 2. The maximum Gasteiger partial charge on any atom is 0.228 e. The summed E-state index contributed by atoms with van der Waals surface area (Å²) in [7, 11) is 2.83. The number of piperazine rings is 1. The minimum Gasteiger partial charge on any atom is -0.493 e. The van der Waals surface area contributed by atoms with Crippen molar-refractivity contribution in [1.82, 2.24) is 15.3 Å². The second-order valence-corrected chi connectivity index (χ2v) is 5.99. The van der Waals surface area contributed by atoms with E-state index in [0.717, 1.165) is 13.1 Å². The third-order valence-corrected chi connectivity index (χ3v) is 4.35. The number of aromatic nitrogens is 2. The Labute approximate surface area is 152 Å². The maximum atomic E-state index is 14.9. The molecule has 25 heavy (non-hydrogen) atoms. The zero-order chi connectivity index (χ0) is 17.4. The van der Waals surface area contributed by atoms with Gasteiger partial charge in [0.25, 0.3) is 0 Å². The Morgan fingerprint density at radius 2 is 1.84 bits per heavy atom. The van der Waals surface area contributed by atoms with Crippen LogP contribution in [-0.4, -0.2) is 49.4 Å². The fourth-order valence-electron chi connectivity index (χ4n) is 3.18. The standard InChI is InChI=1S/C16H22FN5O2.ClH/c1-8-6-19-7-9(2)22(8)16-20-13-10(15(18)21-16)5-11(23-3)14(24-4)12(13)17;/h5,8-9,19H,6-7H2,1-4H3,(H2,18,20,21);1H/t8-,9+;. The van der Waals surface area contributed by atoms with E-state index >= 15 is 0 Å². The average Bonchev–Trinajstić information content (AvgIpc) is 2.55. The van der Waals surface area contributed by atoms with E-state index in [-0.39, 0.29) is 47.3 Å². The van der Waals surface area contributed by atoms with Gasteiger partial charge in [0.05, 0.1) is 14.2 Å². The van der Waals surface area contributed by atoms with Gasteiger partial charge in [-0.05, 0) is 19.9 Å². The number of rotatable bonds is 3. The van der Waals surface area contributed by atoms with Gasteiger partial charge < -0.3 is 25.4 Å². The first kappa shape index (κ1) is 19.3. The zero-order valence-electron chi connectivity index (χ0n) is 14.7. The summed E-state index contributed by atoms with van der Waals surface area (Å²) < 4.78 is 25.1. The Hall–Kier alpha value is -2.06. The molecule has 1 aliphatic rings. The van der Waals surface area contributed by atoms with Gasteiger partial charge in [0, 0.05) is 30.6 Å². The molecule has 0 bridgehead atoms. The summed E-state index contributed by atoms with van der Waals surface area (Å²) in [6.07, 6.45) is 0. The molecule has 138 valence electrons. The van der Waals surface area contributed by atoms with Crippen molar-refractivity contribution >= 4 is 35.1 Å². The van der Waals surface area contributed by atoms with E-state index in [4.69, 9.17) is 15.2 Å². The monoisotopic (exact) mass is 371 g/mol. The van der Waals surface area contributed by atoms with Gasteiger partial charge in [-0.1, -0.05) is 0 Å². The molecule has 1 aliphatic heterocycles. The number of hydrogen-bond acceptors (Lipinski definition) is 7. The molecule has 0 spiro atoms. The van der Waals surface area contributed by atoms with E-state index in [0.29, 0.717) is 11.3 Å². The number of nitrogen functional groups attached to an aromatic ring is 1. The normalized spacial score (nSPS) is 20.3. The van der Waals surface area contributed by atoms with Crippen LogP contribution in [0.1, 0.15) is 13.8 Å². The molecule has 0 saturated carbocycles. The third-order valence-electron chi connectivity index (χ3n) is 4.35. The molecule has 1 aromatic heterocycles. The van der Waals surface area contributed by atoms with Crippen LogP contribution < -0.4 is 25.4 Å². The summed E-state index contributed by atoms with van der Waals surface area (Å²) in [5.74, 6) is 0.308. The Kier molecular flexibility index (Phi) is 5.74. The van der Waals surface area contributed by atoms with Crippen LogP contribution in [0.3, 0.4) is 0 Å². The molecule has 7 nitrogen and oxygen atoms in total. The Bertz CT molecular complexity index is 766. The molecule has 3 rings (SSSR count). The quantitative estimate of drug-likeness (QED) is 0.853. The highest BCUT2D eigenvalue weighted by atomic mass is 35.5. The lowest BCUT2D eigenvalue weighted by Crippen LogP contribution is -2.55. The number of nitrogens with one attached hydrogen (secondary N) is 1. The SMILES string of the molecule is COc1cc2c(N)nc(N3[C@H](C)CNC[C@@H]3C)nc2c(F)c1OC.Cl. The molecule has 2 heterocycles. The van der Waals surface area contributed by atoms with Crippen molar-refractivity contribution in [2.24, 2.45) is 0 Å². The number of methoxy groups -OCH3 is 2. The molecule has 0 aliphatic carbocycles. The minimum absolute atomic E-state index is 0. The van der Waals surface area contributed by atoms with Gasteiger partial charge in [0.2, 0.25) is 5.95 Å². The van der Waals surface area contributed by atoms with E-state index < -0.39 is 5.82 Å². The number of anilines is 2. The highest BCUT2D eigenvalue weighted by Gasteiger charge is 2.28. The van der Waals surface area contributed by atoms with E-state index in [1.807, 2.05) is 0 Å². The fraction of sp³-hybridized carbons (Fsp3) is 0.500. The van der Waals surface area contributed by atoms with Gasteiger partial charge in [-0.2, -0.15) is 4.98 Å². The lowest BCUT2D eigenvalue weighted by molar-refractivity contribution is 0.339. The van der Waals surface area contributed by atoms with Crippen LogP contribution in [0.2, 0.25) is 0 Å². The molecule has 2 aromatic rings. The van der Waals surface area contributed by atoms with Crippen molar-refractivity contribution < 1.29 is 13.9 Å². The number of hydrogen-bond donors (Lipinski definition) is 2. The highest BCUT2D eigenvalue weighted by molar-refractivity contribution is 5.92. The van der Waals surface area contributed by atoms with E-state index in [1.54, 1.807) is 6.07 Å². The summed E-state index contributed by atoms with van der Waals surface area (Å²) in [4.78, 5) is 10.9. The molecule has 2 atom stereocenters. The first-order chi connectivity index (χ1) is 11.5. The van der Waals surface area contributed by atoms with E-state index in [1.165, 1.54) is 14.2 Å². The number of halogens is 2. The van der Waals surface area contributed by atoms with Gasteiger partial charge >= 0.3 is 0 Å². The summed E-state index contributed by atoms with van der Waals surface area (Å²) in [5, 5.41) is 3.75. The predicted molar refractivity (Wildman–Crippen MR) is 98.5 cm³/mol. The van der Waals surface area contributed by atoms with Gasteiger partial charge in [-0.3, -0.25) is 0 Å². The molecule has 0 radical (unpaired) electrons. The molecule has 0 amide bonds. The highest BCUT2D eigenvalue weighted by Crippen LogP contribution is 2.37. The Morgan fingerprint density at radius 1 is 1.20 bits per heavy atom. The number of benzene rings is 1. The van der Waals surface area contributed by atoms with Gasteiger partial charge in [-0.15, -0.1) is 12.4 Å². The van der Waals surface area contributed by atoms with Crippen LogP contribution in [0.5, 0.6) is 11.5 Å². The van der Waals surface area contributed by atoms with Crippen LogP contribution in [-0.2, 0) is 0 Å². The van der Waals surface area contributed by atoms with Crippen LogP contribution >= 0.6 is 12.4 Å². The summed E-state index contributed by atoms with van der Waals surface area (Å²) in [6.45, 7) is 5.74. The maximum absolute atomic E-state index is 14.9. The van der Waals surface area contributed by atoms with Crippen molar-refractivity contribution in [2.75, 3.05) is 37.9 Å². The lowest BCUT2D eigenvalue weighted by atomic mass is 10.1. The Morgan fingerprint density at radius 3 is 2.40 bits per heavy atom. The largest absolute Gasteiger partial charge is 0.493 e. The predicted octanol–water partition coefficient (Wildman–Crippen LogP) is 1.98. The fourth-order valence-corrected chi connectivity index (χ4v) is 3.18. The number of fused-ring (bicyclic) bond motifs is 1. The van der Waals surface area contributed by atoms with Crippen LogP contribution in [0, 0.1) is 5.82 Å². The Balaban J connectivity index is 0.00000225. The number of nitrogens with two attached hydrogens (primary N) is 1. The molecule has 1 fully saturated rings. The summed E-state index contributed by atoms with van der Waals surface area (Å²) in [5.41, 5.74) is 6.21. The molecular weight excluding hydrogens is 349 g/mol. The van der Waals surface area contributed by atoms with E-state index in [2.05, 4.69) is 34.0 Å². The first-order valence-corrected chi connectivity index (χ1v) is 7.84. The van der Waals surface area contributed by atoms with Crippen molar-refractivity contribution in [3.05, 3.63) is 11.9 Å². The smallest absolute Gasteiger partial charge is 0.228 e. The van der Waals surface area contributed by atoms with Crippen LogP contribution in [0.4, 0.5) is 16.2 Å². The van der Waals surface area contributed by atoms with Crippen LogP contribution in [0.25, 0.3) is 10.9 Å². The molecule has 0 unspecified atom stereocenters. The van der Waals surface area contributed by atoms with Gasteiger partial charge in [0.15, 0.2) is 17.3 Å². The van der Waals surface area contributed by atoms with Gasteiger partial charge in [-0.25, -0.2) is 9.37 Å². The second-order valence-electron chi connectivity index (χ2n) is 5.99. The second kappa shape index (κ2) is 7.45. The third kappa shape index (κ3) is 3.23. The van der Waals surface area contributed by atoms with E-state index in [9.17, 15) is 4.39 Å². The zero-order valence-corrected chi connectivity index (χ0v) is 15.5. The van der Waals surface area contributed by atoms with Crippen molar-refractivity contribution in [2.45, 2.75) is 25.9 Å². The first-order valence-electron chi connectivity index (χ1n) is 7.84. The molecule has 1 aromatic carbocycles. The van der Waals surface area contributed by atoms with Crippen molar-refractivity contribution in [3.63, 3.8) is 0 Å². The molecule has 1 saturated heterocycles.